The Bertz CT molecular complexity index is 929. The van der Waals surface area contributed by atoms with Crippen molar-refractivity contribution in [1.29, 1.82) is 0 Å². The molecule has 1 aliphatic heterocycles. The number of nitrogens with one attached hydrogen (secondary N) is 2. The Labute approximate surface area is 156 Å². The van der Waals surface area contributed by atoms with Crippen LogP contribution in [0, 0.1) is 5.82 Å². The van der Waals surface area contributed by atoms with Crippen LogP contribution in [0.1, 0.15) is 30.5 Å². The predicted molar refractivity (Wildman–Crippen MR) is 99.6 cm³/mol. The molecule has 0 radical (unpaired) electrons. The van der Waals surface area contributed by atoms with Crippen LogP contribution in [0.5, 0.6) is 0 Å². The van der Waals surface area contributed by atoms with Crippen LogP contribution < -0.4 is 15.8 Å². The minimum absolute atomic E-state index is 0.0656. The fourth-order valence-electron chi connectivity index (χ4n) is 3.49. The zero-order valence-electron chi connectivity index (χ0n) is 14.8. The van der Waals surface area contributed by atoms with E-state index < -0.39 is 11.9 Å². The van der Waals surface area contributed by atoms with Gasteiger partial charge in [-0.05, 0) is 49.1 Å². The number of hydrogen-bond acceptors (Lipinski definition) is 4. The van der Waals surface area contributed by atoms with Crippen LogP contribution in [-0.4, -0.2) is 23.7 Å². The van der Waals surface area contributed by atoms with E-state index in [1.165, 1.54) is 11.1 Å². The Morgan fingerprint density at radius 1 is 1.22 bits per heavy atom. The Morgan fingerprint density at radius 2 is 2.00 bits per heavy atom. The minimum Gasteiger partial charge on any atom is -0.343 e. The number of hydrazine groups is 1. The van der Waals surface area contributed by atoms with Gasteiger partial charge in [-0.15, -0.1) is 0 Å². The summed E-state index contributed by atoms with van der Waals surface area (Å²) in [6.07, 6.45) is 1.21. The van der Waals surface area contributed by atoms with Gasteiger partial charge < -0.3 is 5.32 Å². The van der Waals surface area contributed by atoms with Gasteiger partial charge in [0.15, 0.2) is 0 Å². The van der Waals surface area contributed by atoms with Crippen LogP contribution in [0.4, 0.5) is 10.1 Å². The van der Waals surface area contributed by atoms with Crippen molar-refractivity contribution in [2.75, 3.05) is 5.01 Å². The van der Waals surface area contributed by atoms with E-state index in [9.17, 15) is 14.0 Å². The topological polar surface area (TPSA) is 73.8 Å². The zero-order valence-corrected chi connectivity index (χ0v) is 14.8. The molecule has 4 rings (SSSR count). The minimum atomic E-state index is -0.680. The molecule has 1 heterocycles. The van der Waals surface area contributed by atoms with Crippen LogP contribution in [-0.2, 0) is 16.0 Å². The molecule has 0 fully saturated rings. The first-order valence-electron chi connectivity index (χ1n) is 8.86. The van der Waals surface area contributed by atoms with Crippen LogP contribution in [0.25, 0.3) is 0 Å². The molecule has 0 spiro atoms. The molecule has 2 atom stereocenters. The van der Waals surface area contributed by atoms with Gasteiger partial charge in [-0.1, -0.05) is 30.3 Å². The summed E-state index contributed by atoms with van der Waals surface area (Å²) in [4.78, 5) is 29.3. The van der Waals surface area contributed by atoms with Crippen LogP contribution in [0.2, 0.25) is 0 Å². The standard InChI is InChI=1S/C20H19FN4O2/c1-12-20(27)25(13-6-3-2-4-7-13)24-18(22-12)19(26)23-17-11-10-14-15(17)8-5-9-16(14)21/h2-9,12,17H,10-11H2,1H3,(H,22,24)(H,23,26). The third kappa shape index (κ3) is 3.16. The van der Waals surface area contributed by atoms with Crippen molar-refractivity contribution in [2.45, 2.75) is 31.8 Å². The van der Waals surface area contributed by atoms with E-state index in [1.807, 2.05) is 24.3 Å². The second kappa shape index (κ2) is 6.83. The fourth-order valence-corrected chi connectivity index (χ4v) is 3.49. The van der Waals surface area contributed by atoms with Crippen molar-refractivity contribution in [3.8, 4) is 0 Å². The second-order valence-electron chi connectivity index (χ2n) is 6.65. The monoisotopic (exact) mass is 366 g/mol. The Balaban J connectivity index is 1.54. The molecule has 2 aromatic carbocycles. The van der Waals surface area contributed by atoms with Gasteiger partial charge in [-0.2, -0.15) is 0 Å². The van der Waals surface area contributed by atoms with Gasteiger partial charge in [0.25, 0.3) is 11.8 Å². The third-order valence-corrected chi connectivity index (χ3v) is 4.87. The molecule has 0 bridgehead atoms. The smallest absolute Gasteiger partial charge is 0.288 e. The molecule has 6 nitrogen and oxygen atoms in total. The molecule has 0 aromatic heterocycles. The van der Waals surface area contributed by atoms with Crippen LogP contribution in [0.3, 0.4) is 0 Å². The lowest BCUT2D eigenvalue weighted by Crippen LogP contribution is -2.58. The third-order valence-electron chi connectivity index (χ3n) is 4.87. The Kier molecular flexibility index (Phi) is 4.35. The Morgan fingerprint density at radius 3 is 2.78 bits per heavy atom. The molecule has 0 saturated carbocycles. The van der Waals surface area contributed by atoms with E-state index in [-0.39, 0.29) is 23.6 Å². The van der Waals surface area contributed by atoms with E-state index in [1.54, 1.807) is 25.1 Å². The summed E-state index contributed by atoms with van der Waals surface area (Å²) in [5, 5.41) is 4.23. The van der Waals surface area contributed by atoms with Gasteiger partial charge in [-0.25, -0.2) is 14.4 Å². The van der Waals surface area contributed by atoms with Gasteiger partial charge >= 0.3 is 0 Å². The predicted octanol–water partition coefficient (Wildman–Crippen LogP) is 2.27. The number of aliphatic imine (C=N–C) groups is 1. The highest BCUT2D eigenvalue weighted by molar-refractivity contribution is 6.39. The van der Waals surface area contributed by atoms with Gasteiger partial charge in [0.05, 0.1) is 11.7 Å². The van der Waals surface area contributed by atoms with Gasteiger partial charge in [0.2, 0.25) is 5.84 Å². The molecule has 138 valence electrons. The van der Waals surface area contributed by atoms with Crippen molar-refractivity contribution in [3.05, 3.63) is 65.5 Å². The first-order chi connectivity index (χ1) is 13.0. The quantitative estimate of drug-likeness (QED) is 0.875. The molecule has 2 aromatic rings. The average molecular weight is 366 g/mol. The van der Waals surface area contributed by atoms with Crippen molar-refractivity contribution >= 4 is 23.3 Å². The number of para-hydroxylation sites is 1. The lowest BCUT2D eigenvalue weighted by atomic mass is 10.1. The molecule has 2 unspecified atom stereocenters. The largest absolute Gasteiger partial charge is 0.343 e. The number of amides is 2. The van der Waals surface area contributed by atoms with Crippen molar-refractivity contribution in [1.82, 2.24) is 10.7 Å². The number of carbonyl (C=O) groups is 2. The Hall–Kier alpha value is -3.22. The highest BCUT2D eigenvalue weighted by Gasteiger charge is 2.33. The number of benzene rings is 2. The summed E-state index contributed by atoms with van der Waals surface area (Å²) in [6.45, 7) is 1.65. The summed E-state index contributed by atoms with van der Waals surface area (Å²) in [5.74, 6) is -0.842. The van der Waals surface area contributed by atoms with Crippen molar-refractivity contribution < 1.29 is 14.0 Å². The molecule has 0 saturated heterocycles. The maximum absolute atomic E-state index is 13.9. The SMILES string of the molecule is CC1N=C(C(=O)NC2CCc3c(F)cccc32)NN(c2ccccc2)C1=O. The number of nitrogens with zero attached hydrogens (tertiary/aromatic N) is 2. The molecule has 1 aliphatic carbocycles. The number of hydrogen-bond donors (Lipinski definition) is 2. The van der Waals surface area contributed by atoms with Crippen molar-refractivity contribution in [2.24, 2.45) is 4.99 Å². The van der Waals surface area contributed by atoms with E-state index in [0.29, 0.717) is 24.1 Å². The number of halogens is 1. The highest BCUT2D eigenvalue weighted by atomic mass is 19.1. The summed E-state index contributed by atoms with van der Waals surface area (Å²) < 4.78 is 13.9. The van der Waals surface area contributed by atoms with E-state index in [0.717, 1.165) is 5.56 Å². The number of anilines is 1. The summed E-state index contributed by atoms with van der Waals surface area (Å²) >= 11 is 0. The summed E-state index contributed by atoms with van der Waals surface area (Å²) in [5.41, 5.74) is 4.88. The van der Waals surface area contributed by atoms with Crippen LogP contribution in [0.15, 0.2) is 53.5 Å². The first-order valence-corrected chi connectivity index (χ1v) is 8.86. The van der Waals surface area contributed by atoms with Gasteiger partial charge in [-0.3, -0.25) is 15.0 Å². The van der Waals surface area contributed by atoms with Crippen LogP contribution >= 0.6 is 0 Å². The average Bonchev–Trinajstić information content (AvgIpc) is 3.09. The van der Waals surface area contributed by atoms with E-state index in [2.05, 4.69) is 15.7 Å². The molecule has 27 heavy (non-hydrogen) atoms. The van der Waals surface area contributed by atoms with Gasteiger partial charge in [0.1, 0.15) is 11.9 Å². The maximum Gasteiger partial charge on any atom is 0.288 e. The molecular formula is C20H19FN4O2. The molecule has 2 N–H and O–H groups in total. The van der Waals surface area contributed by atoms with E-state index >= 15 is 0 Å². The molecule has 2 amide bonds. The molecule has 2 aliphatic rings. The van der Waals surface area contributed by atoms with Crippen molar-refractivity contribution in [3.63, 3.8) is 0 Å². The molecular weight excluding hydrogens is 347 g/mol. The number of carbonyl (C=O) groups excluding carboxylic acids is 2. The van der Waals surface area contributed by atoms with E-state index in [4.69, 9.17) is 0 Å². The number of amidine groups is 1. The zero-order chi connectivity index (χ0) is 19.0. The first kappa shape index (κ1) is 17.2. The fraction of sp³-hybridized carbons (Fsp3) is 0.250. The number of rotatable bonds is 3. The maximum atomic E-state index is 13.9. The molecule has 7 heteroatoms. The normalized spacial score (nSPS) is 21.3. The second-order valence-corrected chi connectivity index (χ2v) is 6.65. The lowest BCUT2D eigenvalue weighted by Gasteiger charge is -2.31. The summed E-state index contributed by atoms with van der Waals surface area (Å²) in [6, 6.07) is 13.0. The number of fused-ring (bicyclic) bond motifs is 1. The van der Waals surface area contributed by atoms with Gasteiger partial charge in [0, 0.05) is 0 Å². The highest BCUT2D eigenvalue weighted by Crippen LogP contribution is 2.32. The lowest BCUT2D eigenvalue weighted by molar-refractivity contribution is -0.120. The summed E-state index contributed by atoms with van der Waals surface area (Å²) in [7, 11) is 0.